The van der Waals surface area contributed by atoms with Crippen LogP contribution in [0.4, 0.5) is 5.82 Å². The average Bonchev–Trinajstić information content (AvgIpc) is 2.96. The molecule has 204 valence electrons. The van der Waals surface area contributed by atoms with Crippen molar-refractivity contribution >= 4 is 23.2 Å². The Bertz CT molecular complexity index is 1400. The molecule has 5 rings (SSSR count). The van der Waals surface area contributed by atoms with E-state index in [1.165, 1.54) is 0 Å². The number of rotatable bonds is 6. The highest BCUT2D eigenvalue weighted by molar-refractivity contribution is 5.95. The van der Waals surface area contributed by atoms with Crippen molar-refractivity contribution in [1.29, 1.82) is 0 Å². The minimum atomic E-state index is -0.318. The zero-order valence-electron chi connectivity index (χ0n) is 23.1. The number of piperazine rings is 1. The first kappa shape index (κ1) is 27.8. The lowest BCUT2D eigenvalue weighted by molar-refractivity contribution is -0.138. The van der Waals surface area contributed by atoms with E-state index in [4.69, 9.17) is 14.5 Å². The molecule has 4 aromatic rings. The molecule has 0 atom stereocenters. The Morgan fingerprint density at radius 1 is 0.846 bits per heavy atom. The third-order valence-electron chi connectivity index (χ3n) is 6.22. The second-order valence-corrected chi connectivity index (χ2v) is 9.99. The Kier molecular flexibility index (Phi) is 8.93. The highest BCUT2D eigenvalue weighted by Gasteiger charge is 2.14. The lowest BCUT2D eigenvalue weighted by Crippen LogP contribution is -2.43. The summed E-state index contributed by atoms with van der Waals surface area (Å²) >= 11 is 0. The molecule has 9 nitrogen and oxygen atoms in total. The summed E-state index contributed by atoms with van der Waals surface area (Å²) in [5.41, 5.74) is 4.50. The van der Waals surface area contributed by atoms with Crippen LogP contribution in [-0.2, 0) is 9.53 Å². The number of nitrogens with zero attached hydrogens (tertiary/aromatic N) is 4. The molecular weight excluding hydrogens is 494 g/mol. The van der Waals surface area contributed by atoms with E-state index in [9.17, 15) is 4.79 Å². The average molecular weight is 530 g/mol. The van der Waals surface area contributed by atoms with Crippen molar-refractivity contribution in [2.24, 2.45) is 0 Å². The van der Waals surface area contributed by atoms with Crippen LogP contribution in [0.25, 0.3) is 33.3 Å². The van der Waals surface area contributed by atoms with Gasteiger partial charge in [0.05, 0.1) is 25.4 Å². The summed E-state index contributed by atoms with van der Waals surface area (Å²) in [6.07, 6.45) is 3.54. The van der Waals surface area contributed by atoms with E-state index in [2.05, 4.69) is 49.2 Å². The molecule has 1 N–H and O–H groups in total. The number of hydrogen-bond acceptors (Lipinski definition) is 9. The number of carbonyl (C=O) groups is 1. The Morgan fingerprint density at radius 2 is 1.56 bits per heavy atom. The summed E-state index contributed by atoms with van der Waals surface area (Å²) in [5, 5.41) is 4.35. The van der Waals surface area contributed by atoms with Crippen molar-refractivity contribution in [3.05, 3.63) is 61.1 Å². The molecule has 9 heteroatoms. The topological polar surface area (TPSA) is 98.7 Å². The van der Waals surface area contributed by atoms with Crippen LogP contribution in [0.15, 0.2) is 61.1 Å². The minimum absolute atomic E-state index is 0.318. The Hall–Kier alpha value is -4.24. The first-order chi connectivity index (χ1) is 18.8. The van der Waals surface area contributed by atoms with Crippen LogP contribution >= 0.6 is 0 Å². The van der Waals surface area contributed by atoms with Crippen LogP contribution in [0.1, 0.15) is 20.8 Å². The number of fused-ring (bicyclic) bond motifs is 1. The molecule has 2 aromatic carbocycles. The molecule has 39 heavy (non-hydrogen) atoms. The van der Waals surface area contributed by atoms with Crippen molar-refractivity contribution in [3.8, 4) is 33.9 Å². The number of benzene rings is 2. The van der Waals surface area contributed by atoms with Crippen molar-refractivity contribution in [2.45, 2.75) is 26.4 Å². The van der Waals surface area contributed by atoms with E-state index >= 15 is 0 Å². The highest BCUT2D eigenvalue weighted by Crippen LogP contribution is 2.35. The van der Waals surface area contributed by atoms with Gasteiger partial charge in [-0.25, -0.2) is 15.0 Å². The number of methoxy groups -OCH3 is 2. The van der Waals surface area contributed by atoms with Gasteiger partial charge in [0.1, 0.15) is 17.7 Å². The van der Waals surface area contributed by atoms with Gasteiger partial charge in [-0.3, -0.25) is 4.79 Å². The van der Waals surface area contributed by atoms with Gasteiger partial charge in [-0.2, -0.15) is 0 Å². The van der Waals surface area contributed by atoms with Crippen molar-refractivity contribution in [1.82, 2.24) is 20.3 Å². The Labute approximate surface area is 229 Å². The molecule has 2 aromatic heterocycles. The van der Waals surface area contributed by atoms with Gasteiger partial charge >= 0.3 is 0 Å². The molecule has 3 heterocycles. The van der Waals surface area contributed by atoms with Crippen molar-refractivity contribution in [3.63, 3.8) is 0 Å². The number of carbonyl (C=O) groups excluding carboxylic acids is 1. The number of ether oxygens (including phenoxy) is 3. The van der Waals surface area contributed by atoms with Gasteiger partial charge in [-0.1, -0.05) is 6.07 Å². The second-order valence-electron chi connectivity index (χ2n) is 9.99. The molecule has 0 spiro atoms. The maximum absolute atomic E-state index is 9.60. The van der Waals surface area contributed by atoms with Gasteiger partial charge in [0.2, 0.25) is 0 Å². The largest absolute Gasteiger partial charge is 0.493 e. The predicted octanol–water partition coefficient (Wildman–Crippen LogP) is 4.74. The monoisotopic (exact) mass is 529 g/mol. The number of nitrogens with one attached hydrogen (secondary N) is 1. The molecule has 1 saturated heterocycles. The fourth-order valence-corrected chi connectivity index (χ4v) is 4.23. The molecule has 0 amide bonds. The van der Waals surface area contributed by atoms with Gasteiger partial charge < -0.3 is 24.4 Å². The van der Waals surface area contributed by atoms with Crippen molar-refractivity contribution in [2.75, 3.05) is 45.3 Å². The molecule has 1 aliphatic rings. The van der Waals surface area contributed by atoms with E-state index in [-0.39, 0.29) is 5.60 Å². The minimum Gasteiger partial charge on any atom is -0.493 e. The van der Waals surface area contributed by atoms with E-state index < -0.39 is 0 Å². The van der Waals surface area contributed by atoms with Crippen LogP contribution in [0.2, 0.25) is 0 Å². The molecular formula is C30H35N5O4. The summed E-state index contributed by atoms with van der Waals surface area (Å²) in [6.45, 7) is 9.87. The lowest BCUT2D eigenvalue weighted by Gasteiger charge is -2.28. The third kappa shape index (κ3) is 7.00. The lowest BCUT2D eigenvalue weighted by atomic mass is 10.0. The van der Waals surface area contributed by atoms with Crippen LogP contribution in [0, 0.1) is 0 Å². The van der Waals surface area contributed by atoms with Crippen LogP contribution < -0.4 is 19.7 Å². The molecule has 0 aliphatic carbocycles. The molecule has 1 fully saturated rings. The fraction of sp³-hybridized carbons (Fsp3) is 0.333. The number of pyridine rings is 1. The molecule has 1 aliphatic heterocycles. The van der Waals surface area contributed by atoms with Gasteiger partial charge in [-0.15, -0.1) is 0 Å². The predicted molar refractivity (Wildman–Crippen MR) is 153 cm³/mol. The quantitative estimate of drug-likeness (QED) is 0.355. The van der Waals surface area contributed by atoms with Crippen LogP contribution in [0.5, 0.6) is 11.5 Å². The van der Waals surface area contributed by atoms with Gasteiger partial charge in [0.25, 0.3) is 6.47 Å². The summed E-state index contributed by atoms with van der Waals surface area (Å²) in [5.74, 6) is 2.37. The van der Waals surface area contributed by atoms with E-state index in [0.29, 0.717) is 18.0 Å². The maximum Gasteiger partial charge on any atom is 0.293 e. The Balaban J connectivity index is 0.000000448. The summed E-state index contributed by atoms with van der Waals surface area (Å²) in [6, 6.07) is 16.3. The van der Waals surface area contributed by atoms with E-state index in [1.54, 1.807) is 20.5 Å². The molecule has 0 bridgehead atoms. The van der Waals surface area contributed by atoms with Crippen molar-refractivity contribution < 1.29 is 19.0 Å². The van der Waals surface area contributed by atoms with Crippen LogP contribution in [-0.4, -0.2) is 67.4 Å². The fourth-order valence-electron chi connectivity index (χ4n) is 4.23. The van der Waals surface area contributed by atoms with E-state index in [0.717, 1.165) is 65.3 Å². The number of aromatic nitrogens is 3. The zero-order chi connectivity index (χ0) is 27.8. The molecule has 0 saturated carbocycles. The Morgan fingerprint density at radius 3 is 2.18 bits per heavy atom. The zero-order valence-corrected chi connectivity index (χ0v) is 23.1. The first-order valence-corrected chi connectivity index (χ1v) is 12.8. The second kappa shape index (κ2) is 12.5. The molecule has 0 unspecified atom stereocenters. The van der Waals surface area contributed by atoms with Gasteiger partial charge in [-0.05, 0) is 68.8 Å². The maximum atomic E-state index is 9.60. The van der Waals surface area contributed by atoms with Gasteiger partial charge in [0.15, 0.2) is 11.5 Å². The third-order valence-corrected chi connectivity index (χ3v) is 6.22. The highest BCUT2D eigenvalue weighted by atomic mass is 16.5. The normalized spacial score (nSPS) is 13.3. The number of hydrogen-bond donors (Lipinski definition) is 1. The van der Waals surface area contributed by atoms with Crippen LogP contribution in [0.3, 0.4) is 0 Å². The molecule has 0 radical (unpaired) electrons. The van der Waals surface area contributed by atoms with Gasteiger partial charge in [0, 0.05) is 48.9 Å². The first-order valence-electron chi connectivity index (χ1n) is 12.8. The summed E-state index contributed by atoms with van der Waals surface area (Å²) in [4.78, 5) is 25.7. The number of anilines is 1. The summed E-state index contributed by atoms with van der Waals surface area (Å²) in [7, 11) is 3.26. The van der Waals surface area contributed by atoms with E-state index in [1.807, 2.05) is 51.2 Å². The standard InChI is InChI=1S/C25H25N5O2.C5H10O2/c1-31-22-7-4-18(14-23(22)32-2)25-20-13-17(3-6-21(20)28-16-29-25)19-5-8-24(27-15-19)30-11-9-26-10-12-30;1-5(2,3)7-4-6/h3-8,13-16,26H,9-12H2,1-2H3;4H,1-3H3. The SMILES string of the molecule is CC(C)(C)OC=O.COc1ccc(-c2ncnc3ccc(-c4ccc(N5CCNCC5)nc4)cc23)cc1OC. The summed E-state index contributed by atoms with van der Waals surface area (Å²) < 4.78 is 15.4. The smallest absolute Gasteiger partial charge is 0.293 e.